The number of ketones is 1. The Bertz CT molecular complexity index is 480. The number of phenolic OH excluding ortho intramolecular Hbond substituents is 1. The van der Waals surface area contributed by atoms with E-state index in [0.29, 0.717) is 5.69 Å². The molecule has 0 aliphatic carbocycles. The molecule has 0 aliphatic heterocycles. The van der Waals surface area contributed by atoms with Gasteiger partial charge in [-0.25, -0.2) is 0 Å². The molecule has 0 fully saturated rings. The fourth-order valence-electron chi connectivity index (χ4n) is 1.30. The summed E-state index contributed by atoms with van der Waals surface area (Å²) in [7, 11) is 0. The van der Waals surface area contributed by atoms with Crippen molar-refractivity contribution in [2.45, 2.75) is 0 Å². The summed E-state index contributed by atoms with van der Waals surface area (Å²) < 4.78 is 0. The summed E-state index contributed by atoms with van der Waals surface area (Å²) >= 11 is 0. The van der Waals surface area contributed by atoms with Crippen molar-refractivity contribution in [1.82, 2.24) is 4.98 Å². The molecule has 0 saturated heterocycles. The van der Waals surface area contributed by atoms with Crippen LogP contribution in [0.2, 0.25) is 0 Å². The summed E-state index contributed by atoms with van der Waals surface area (Å²) in [6, 6.07) is 11.5. The van der Waals surface area contributed by atoms with Gasteiger partial charge in [0.05, 0.1) is 5.56 Å². The number of phenols is 1. The maximum atomic E-state index is 11.8. The second kappa shape index (κ2) is 3.92. The third-order valence-electron chi connectivity index (χ3n) is 2.05. The van der Waals surface area contributed by atoms with E-state index >= 15 is 0 Å². The van der Waals surface area contributed by atoms with Gasteiger partial charge in [0.1, 0.15) is 11.4 Å². The molecule has 3 nitrogen and oxygen atoms in total. The van der Waals surface area contributed by atoms with Gasteiger partial charge in [0.25, 0.3) is 0 Å². The van der Waals surface area contributed by atoms with Crippen LogP contribution in [0.3, 0.4) is 0 Å². The van der Waals surface area contributed by atoms with E-state index in [0.717, 1.165) is 0 Å². The van der Waals surface area contributed by atoms with Gasteiger partial charge in [0, 0.05) is 6.20 Å². The number of nitrogens with zero attached hydrogens (tertiary/aromatic N) is 1. The van der Waals surface area contributed by atoms with Gasteiger partial charge in [-0.15, -0.1) is 0 Å². The molecule has 2 aromatic rings. The number of hydrogen-bond donors (Lipinski definition) is 1. The molecule has 0 atom stereocenters. The fraction of sp³-hybridized carbons (Fsp3) is 0. The molecule has 1 heterocycles. The number of hydrogen-bond acceptors (Lipinski definition) is 3. The zero-order valence-electron chi connectivity index (χ0n) is 7.92. The Morgan fingerprint density at radius 3 is 2.47 bits per heavy atom. The van der Waals surface area contributed by atoms with Crippen LogP contribution in [-0.2, 0) is 0 Å². The number of para-hydroxylation sites is 1. The Labute approximate surface area is 87.0 Å². The van der Waals surface area contributed by atoms with E-state index in [1.54, 1.807) is 42.6 Å². The Morgan fingerprint density at radius 2 is 1.80 bits per heavy atom. The number of carbonyl (C=O) groups excluding carboxylic acids is 1. The zero-order chi connectivity index (χ0) is 10.7. The van der Waals surface area contributed by atoms with Crippen LogP contribution in [0.25, 0.3) is 0 Å². The lowest BCUT2D eigenvalue weighted by molar-refractivity contribution is 0.103. The maximum absolute atomic E-state index is 11.8. The Hall–Kier alpha value is -2.16. The quantitative estimate of drug-likeness (QED) is 0.753. The highest BCUT2D eigenvalue weighted by Crippen LogP contribution is 2.18. The van der Waals surface area contributed by atoms with Crippen LogP contribution in [0.5, 0.6) is 5.75 Å². The van der Waals surface area contributed by atoms with Crippen molar-refractivity contribution >= 4 is 5.78 Å². The molecule has 1 N–H and O–H groups in total. The number of aromatic nitrogens is 1. The minimum Gasteiger partial charge on any atom is -0.507 e. The van der Waals surface area contributed by atoms with Gasteiger partial charge >= 0.3 is 0 Å². The van der Waals surface area contributed by atoms with Crippen LogP contribution < -0.4 is 0 Å². The van der Waals surface area contributed by atoms with E-state index in [1.165, 1.54) is 6.07 Å². The van der Waals surface area contributed by atoms with Crippen LogP contribution in [0.15, 0.2) is 48.7 Å². The maximum Gasteiger partial charge on any atom is 0.215 e. The minimum absolute atomic E-state index is 0.0202. The van der Waals surface area contributed by atoms with Crippen molar-refractivity contribution in [3.05, 3.63) is 59.9 Å². The summed E-state index contributed by atoms with van der Waals surface area (Å²) in [5.74, 6) is -0.290. The molecule has 0 unspecified atom stereocenters. The van der Waals surface area contributed by atoms with Gasteiger partial charge < -0.3 is 5.11 Å². The average molecular weight is 199 g/mol. The summed E-state index contributed by atoms with van der Waals surface area (Å²) in [5, 5.41) is 9.49. The standard InChI is InChI=1S/C12H9NO2/c14-11-7-2-1-5-9(11)12(15)10-6-3-4-8-13-10/h1-8,14H. The second-order valence-electron chi connectivity index (χ2n) is 3.06. The lowest BCUT2D eigenvalue weighted by Crippen LogP contribution is -2.03. The molecular weight excluding hydrogens is 190 g/mol. The van der Waals surface area contributed by atoms with E-state index in [2.05, 4.69) is 4.98 Å². The molecule has 1 aromatic heterocycles. The molecule has 15 heavy (non-hydrogen) atoms. The number of benzene rings is 1. The van der Waals surface area contributed by atoms with E-state index in [4.69, 9.17) is 0 Å². The predicted molar refractivity (Wildman–Crippen MR) is 55.8 cm³/mol. The van der Waals surface area contributed by atoms with Crippen molar-refractivity contribution in [3.63, 3.8) is 0 Å². The van der Waals surface area contributed by atoms with E-state index < -0.39 is 0 Å². The molecule has 0 bridgehead atoms. The highest BCUT2D eigenvalue weighted by molar-refractivity contribution is 6.09. The van der Waals surface area contributed by atoms with Gasteiger partial charge in [0.15, 0.2) is 0 Å². The number of carbonyl (C=O) groups is 1. The van der Waals surface area contributed by atoms with Crippen molar-refractivity contribution in [3.8, 4) is 5.75 Å². The van der Waals surface area contributed by atoms with Crippen molar-refractivity contribution in [1.29, 1.82) is 0 Å². The monoisotopic (exact) mass is 199 g/mol. The molecular formula is C12H9NO2. The Morgan fingerprint density at radius 1 is 1.07 bits per heavy atom. The lowest BCUT2D eigenvalue weighted by atomic mass is 10.1. The fourth-order valence-corrected chi connectivity index (χ4v) is 1.30. The molecule has 1 aromatic carbocycles. The lowest BCUT2D eigenvalue weighted by Gasteiger charge is -2.01. The highest BCUT2D eigenvalue weighted by atomic mass is 16.3. The normalized spacial score (nSPS) is 9.87. The summed E-state index contributed by atoms with van der Waals surface area (Å²) in [5.41, 5.74) is 0.607. The minimum atomic E-state index is -0.270. The smallest absolute Gasteiger partial charge is 0.215 e. The first kappa shape index (κ1) is 9.40. The highest BCUT2D eigenvalue weighted by Gasteiger charge is 2.12. The first-order valence-electron chi connectivity index (χ1n) is 4.53. The van der Waals surface area contributed by atoms with Crippen molar-refractivity contribution in [2.24, 2.45) is 0 Å². The van der Waals surface area contributed by atoms with Crippen LogP contribution in [-0.4, -0.2) is 15.9 Å². The van der Waals surface area contributed by atoms with Gasteiger partial charge in [-0.1, -0.05) is 18.2 Å². The number of rotatable bonds is 2. The van der Waals surface area contributed by atoms with Crippen molar-refractivity contribution in [2.75, 3.05) is 0 Å². The first-order valence-corrected chi connectivity index (χ1v) is 4.53. The molecule has 2 rings (SSSR count). The van der Waals surface area contributed by atoms with Crippen LogP contribution in [0, 0.1) is 0 Å². The van der Waals surface area contributed by atoms with E-state index in [1.807, 2.05) is 0 Å². The average Bonchev–Trinajstić information content (AvgIpc) is 2.30. The van der Waals surface area contributed by atoms with Gasteiger partial charge in [-0.3, -0.25) is 9.78 Å². The molecule has 3 heteroatoms. The largest absolute Gasteiger partial charge is 0.507 e. The third kappa shape index (κ3) is 1.86. The van der Waals surface area contributed by atoms with Gasteiger partial charge in [-0.05, 0) is 24.3 Å². The van der Waals surface area contributed by atoms with Crippen molar-refractivity contribution < 1.29 is 9.90 Å². The number of aromatic hydroxyl groups is 1. The molecule has 0 saturated carbocycles. The summed E-state index contributed by atoms with van der Waals surface area (Å²) in [6.45, 7) is 0. The predicted octanol–water partition coefficient (Wildman–Crippen LogP) is 2.02. The second-order valence-corrected chi connectivity index (χ2v) is 3.06. The summed E-state index contributed by atoms with van der Waals surface area (Å²) in [4.78, 5) is 15.8. The Kier molecular flexibility index (Phi) is 2.46. The SMILES string of the molecule is O=C(c1ccccn1)c1ccccc1O. The third-order valence-corrected chi connectivity index (χ3v) is 2.05. The first-order chi connectivity index (χ1) is 7.29. The zero-order valence-corrected chi connectivity index (χ0v) is 7.92. The number of pyridine rings is 1. The van der Waals surface area contributed by atoms with Crippen LogP contribution in [0.1, 0.15) is 16.1 Å². The Balaban J connectivity index is 2.42. The van der Waals surface area contributed by atoms with Gasteiger partial charge in [0.2, 0.25) is 5.78 Å². The topological polar surface area (TPSA) is 50.2 Å². The van der Waals surface area contributed by atoms with Gasteiger partial charge in [-0.2, -0.15) is 0 Å². The molecule has 0 aliphatic rings. The molecule has 0 radical (unpaired) electrons. The van der Waals surface area contributed by atoms with Crippen LogP contribution in [0.4, 0.5) is 0 Å². The molecule has 0 spiro atoms. The van der Waals surface area contributed by atoms with E-state index in [-0.39, 0.29) is 17.1 Å². The molecule has 74 valence electrons. The molecule has 0 amide bonds. The van der Waals surface area contributed by atoms with Crippen LogP contribution >= 0.6 is 0 Å². The van der Waals surface area contributed by atoms with E-state index in [9.17, 15) is 9.90 Å². The summed E-state index contributed by atoms with van der Waals surface area (Å²) in [6.07, 6.45) is 1.55.